The van der Waals surface area contributed by atoms with Crippen LogP contribution in [0.2, 0.25) is 0 Å². The van der Waals surface area contributed by atoms with Gasteiger partial charge in [0.15, 0.2) is 11.5 Å². The molecule has 1 aliphatic heterocycles. The lowest BCUT2D eigenvalue weighted by molar-refractivity contribution is -0.145. The molecule has 7 rings (SSSR count). The van der Waals surface area contributed by atoms with Crippen molar-refractivity contribution < 1.29 is 28.0 Å². The SMILES string of the molecule is CC(C)(C#N)c1ccc2c(c1N)Cc1ccccc1-2.O=C(N[C@@H]1CCN(C2CCCCC2)C[C@H]1C(=O)O)c1cc(-c2ccc(F)cc2F)on1. The number of fused-ring (bicyclic) bond motifs is 3. The summed E-state index contributed by atoms with van der Waals surface area (Å²) in [6.07, 6.45) is 7.14. The number of amides is 1. The number of aromatic nitrogens is 1. The second-order valence-electron chi connectivity index (χ2n) is 13.9. The summed E-state index contributed by atoms with van der Waals surface area (Å²) in [5.41, 5.74) is 12.4. The van der Waals surface area contributed by atoms with Crippen molar-refractivity contribution in [1.82, 2.24) is 15.4 Å². The van der Waals surface area contributed by atoms with Crippen molar-refractivity contribution in [1.29, 1.82) is 5.26 Å². The van der Waals surface area contributed by atoms with E-state index in [0.717, 1.165) is 49.2 Å². The van der Waals surface area contributed by atoms with E-state index in [2.05, 4.69) is 51.8 Å². The number of carboxylic acid groups (broad SMARTS) is 1. The predicted molar refractivity (Wildman–Crippen MR) is 185 cm³/mol. The monoisotopic (exact) mass is 681 g/mol. The van der Waals surface area contributed by atoms with Gasteiger partial charge in [0.05, 0.1) is 23.0 Å². The van der Waals surface area contributed by atoms with Gasteiger partial charge in [-0.1, -0.05) is 60.8 Å². The lowest BCUT2D eigenvalue weighted by Gasteiger charge is -2.42. The van der Waals surface area contributed by atoms with Gasteiger partial charge in [-0.25, -0.2) is 8.78 Å². The first kappa shape index (κ1) is 34.8. The molecule has 9 nitrogen and oxygen atoms in total. The Morgan fingerprint density at radius 3 is 2.48 bits per heavy atom. The van der Waals surface area contributed by atoms with Crippen LogP contribution in [-0.4, -0.2) is 52.2 Å². The molecule has 2 fully saturated rings. The molecule has 2 atom stereocenters. The van der Waals surface area contributed by atoms with Crippen molar-refractivity contribution in [3.8, 4) is 28.5 Å². The van der Waals surface area contributed by atoms with E-state index in [9.17, 15) is 28.7 Å². The van der Waals surface area contributed by atoms with Crippen molar-refractivity contribution in [2.45, 2.75) is 76.3 Å². The predicted octanol–water partition coefficient (Wildman–Crippen LogP) is 7.10. The Morgan fingerprint density at radius 1 is 1.02 bits per heavy atom. The minimum atomic E-state index is -0.944. The van der Waals surface area contributed by atoms with Crippen molar-refractivity contribution in [2.75, 3.05) is 18.8 Å². The van der Waals surface area contributed by atoms with Crippen LogP contribution in [0.5, 0.6) is 0 Å². The van der Waals surface area contributed by atoms with Gasteiger partial charge < -0.3 is 20.7 Å². The summed E-state index contributed by atoms with van der Waals surface area (Å²) in [4.78, 5) is 26.8. The van der Waals surface area contributed by atoms with Crippen LogP contribution in [0.3, 0.4) is 0 Å². The molecule has 0 bridgehead atoms. The zero-order valence-corrected chi connectivity index (χ0v) is 28.2. The zero-order chi connectivity index (χ0) is 35.6. The van der Waals surface area contributed by atoms with E-state index in [-0.39, 0.29) is 17.0 Å². The summed E-state index contributed by atoms with van der Waals surface area (Å²) < 4.78 is 32.1. The fraction of sp³-hybridized carbons (Fsp3) is 0.385. The maximum atomic E-state index is 14.0. The highest BCUT2D eigenvalue weighted by atomic mass is 19.1. The molecule has 260 valence electrons. The number of nitrogen functional groups attached to an aromatic ring is 1. The molecule has 3 aromatic carbocycles. The van der Waals surface area contributed by atoms with Crippen molar-refractivity contribution in [2.24, 2.45) is 5.92 Å². The van der Waals surface area contributed by atoms with E-state index in [1.54, 1.807) is 0 Å². The van der Waals surface area contributed by atoms with Crippen molar-refractivity contribution in [3.63, 3.8) is 0 Å². The molecule has 1 aromatic heterocycles. The van der Waals surface area contributed by atoms with E-state index in [1.807, 2.05) is 19.9 Å². The first-order chi connectivity index (χ1) is 24.0. The number of rotatable bonds is 6. The van der Waals surface area contributed by atoms with E-state index in [0.29, 0.717) is 19.0 Å². The number of anilines is 1. The van der Waals surface area contributed by atoms with E-state index in [4.69, 9.17) is 10.3 Å². The van der Waals surface area contributed by atoms with Gasteiger partial charge in [0, 0.05) is 49.4 Å². The van der Waals surface area contributed by atoms with Crippen LogP contribution in [0.4, 0.5) is 14.5 Å². The first-order valence-corrected chi connectivity index (χ1v) is 17.1. The summed E-state index contributed by atoms with van der Waals surface area (Å²) in [5, 5.41) is 25.4. The van der Waals surface area contributed by atoms with Gasteiger partial charge in [0.1, 0.15) is 11.6 Å². The molecule has 2 heterocycles. The lowest BCUT2D eigenvalue weighted by atomic mass is 9.83. The Morgan fingerprint density at radius 2 is 1.76 bits per heavy atom. The lowest BCUT2D eigenvalue weighted by Crippen LogP contribution is -2.56. The molecule has 11 heteroatoms. The maximum Gasteiger partial charge on any atom is 0.309 e. The van der Waals surface area contributed by atoms with Gasteiger partial charge in [-0.3, -0.25) is 14.5 Å². The third-order valence-electron chi connectivity index (χ3n) is 10.3. The fourth-order valence-corrected chi connectivity index (χ4v) is 7.46. The summed E-state index contributed by atoms with van der Waals surface area (Å²) in [7, 11) is 0. The third-order valence-corrected chi connectivity index (χ3v) is 10.3. The molecule has 1 saturated heterocycles. The van der Waals surface area contributed by atoms with Gasteiger partial charge in [0.25, 0.3) is 5.91 Å². The van der Waals surface area contributed by atoms with Crippen LogP contribution in [0.15, 0.2) is 65.2 Å². The van der Waals surface area contributed by atoms with Gasteiger partial charge in [-0.15, -0.1) is 0 Å². The highest BCUT2D eigenvalue weighted by Gasteiger charge is 2.38. The van der Waals surface area contributed by atoms with Crippen LogP contribution >= 0.6 is 0 Å². The number of nitrogens with two attached hydrogens (primary N) is 1. The van der Waals surface area contributed by atoms with Crippen molar-refractivity contribution in [3.05, 3.63) is 94.7 Å². The summed E-state index contributed by atoms with van der Waals surface area (Å²) in [5.74, 6) is -3.81. The van der Waals surface area contributed by atoms with Crippen LogP contribution in [0, 0.1) is 28.9 Å². The fourth-order valence-electron chi connectivity index (χ4n) is 7.46. The number of carbonyl (C=O) groups excluding carboxylic acids is 1. The average molecular weight is 682 g/mol. The molecule has 1 amide bonds. The summed E-state index contributed by atoms with van der Waals surface area (Å²) >= 11 is 0. The van der Waals surface area contributed by atoms with Gasteiger partial charge in [0.2, 0.25) is 0 Å². The summed E-state index contributed by atoms with van der Waals surface area (Å²) in [6.45, 7) is 4.94. The average Bonchev–Trinajstić information content (AvgIpc) is 3.75. The maximum absolute atomic E-state index is 14.0. The highest BCUT2D eigenvalue weighted by molar-refractivity contribution is 5.93. The quantitative estimate of drug-likeness (QED) is 0.161. The van der Waals surface area contributed by atoms with Crippen molar-refractivity contribution >= 4 is 17.6 Å². The minimum Gasteiger partial charge on any atom is -0.481 e. The number of benzene rings is 3. The van der Waals surface area contributed by atoms with Crippen LogP contribution < -0.4 is 11.1 Å². The topological polar surface area (TPSA) is 145 Å². The highest BCUT2D eigenvalue weighted by Crippen LogP contribution is 2.43. The second kappa shape index (κ2) is 14.4. The van der Waals surface area contributed by atoms with Gasteiger partial charge >= 0.3 is 5.97 Å². The van der Waals surface area contributed by atoms with Crippen LogP contribution in [0.1, 0.15) is 79.6 Å². The van der Waals surface area contributed by atoms with Crippen LogP contribution in [0.25, 0.3) is 22.5 Å². The number of hydrogen-bond donors (Lipinski definition) is 3. The largest absolute Gasteiger partial charge is 0.481 e. The number of carboxylic acids is 1. The first-order valence-electron chi connectivity index (χ1n) is 17.1. The molecule has 2 aliphatic carbocycles. The standard InChI is InChI=1S/C22H25F2N3O4.C17H16N2/c23-13-6-7-15(17(24)10-13)20-11-19(26-31-20)21(28)25-18-8-9-27(12-16(18)22(29)30)14-4-2-1-3-5-14;1-17(2,10-18)15-8-7-13-12-6-4-3-5-11(12)9-14(13)16(15)19/h6-7,10-11,14,16,18H,1-5,8-9,12H2,(H,25,28)(H,29,30);3-8H,9,19H2,1-2H3/t16-,18-;/m1./s1. The zero-order valence-electron chi connectivity index (χ0n) is 28.2. The Labute approximate surface area is 290 Å². The number of nitriles is 1. The second-order valence-corrected chi connectivity index (χ2v) is 13.9. The Kier molecular flexibility index (Phi) is 10.0. The molecule has 1 saturated carbocycles. The molecular weight excluding hydrogens is 640 g/mol. The molecule has 50 heavy (non-hydrogen) atoms. The Balaban J connectivity index is 0.000000194. The number of carbonyl (C=O) groups is 2. The molecular formula is C39H41F2N5O4. The number of likely N-dealkylation sites (tertiary alicyclic amines) is 1. The minimum absolute atomic E-state index is 0.00967. The number of halogens is 2. The van der Waals surface area contributed by atoms with E-state index >= 15 is 0 Å². The molecule has 4 aromatic rings. The Hall–Kier alpha value is -5.08. The van der Waals surface area contributed by atoms with Gasteiger partial charge in [-0.2, -0.15) is 5.26 Å². The number of nitrogens with zero attached hydrogens (tertiary/aromatic N) is 3. The molecule has 0 unspecified atom stereocenters. The Bertz CT molecular complexity index is 1940. The number of aliphatic carboxylic acids is 1. The normalized spacial score (nSPS) is 19.0. The van der Waals surface area contributed by atoms with E-state index in [1.165, 1.54) is 53.6 Å². The molecule has 4 N–H and O–H groups in total. The number of piperidine rings is 1. The van der Waals surface area contributed by atoms with E-state index < -0.39 is 40.9 Å². The smallest absolute Gasteiger partial charge is 0.309 e. The van der Waals surface area contributed by atoms with Crippen LogP contribution in [-0.2, 0) is 16.6 Å². The summed E-state index contributed by atoms with van der Waals surface area (Å²) in [6, 6.07) is 19.0. The molecule has 3 aliphatic rings. The third kappa shape index (κ3) is 7.12. The van der Waals surface area contributed by atoms with Gasteiger partial charge in [-0.05, 0) is 73.1 Å². The molecule has 0 spiro atoms. The number of nitrogens with one attached hydrogen (secondary N) is 1. The molecule has 0 radical (unpaired) electrons. The number of hydrogen-bond acceptors (Lipinski definition) is 7.